The number of fused-ring (bicyclic) bond motifs is 2. The van der Waals surface area contributed by atoms with E-state index < -0.39 is 0 Å². The summed E-state index contributed by atoms with van der Waals surface area (Å²) in [5.41, 5.74) is 4.22. The summed E-state index contributed by atoms with van der Waals surface area (Å²) in [6.07, 6.45) is 5.23. The molecular formula is C19H13FN6S. The van der Waals surface area contributed by atoms with Gasteiger partial charge in [0.15, 0.2) is 10.8 Å². The van der Waals surface area contributed by atoms with Crippen LogP contribution >= 0.6 is 11.8 Å². The Morgan fingerprint density at radius 1 is 1.07 bits per heavy atom. The Labute approximate surface area is 157 Å². The highest BCUT2D eigenvalue weighted by Gasteiger charge is 2.10. The van der Waals surface area contributed by atoms with Gasteiger partial charge in [-0.15, -0.1) is 0 Å². The van der Waals surface area contributed by atoms with Crippen LogP contribution in [0.5, 0.6) is 0 Å². The van der Waals surface area contributed by atoms with Crippen molar-refractivity contribution in [3.8, 4) is 5.69 Å². The molecule has 1 N–H and O–H groups in total. The zero-order chi connectivity index (χ0) is 18.2. The summed E-state index contributed by atoms with van der Waals surface area (Å²) in [5.74, 6) is 0.356. The van der Waals surface area contributed by atoms with Crippen molar-refractivity contribution < 1.29 is 4.39 Å². The molecule has 5 rings (SSSR count). The average Bonchev–Trinajstić information content (AvgIpc) is 3.32. The second kappa shape index (κ2) is 6.48. The van der Waals surface area contributed by atoms with Gasteiger partial charge in [0, 0.05) is 11.1 Å². The summed E-state index contributed by atoms with van der Waals surface area (Å²) in [6, 6.07) is 12.6. The molecule has 0 aliphatic heterocycles. The van der Waals surface area contributed by atoms with E-state index in [4.69, 9.17) is 0 Å². The number of benzene rings is 2. The first-order valence-corrected chi connectivity index (χ1v) is 9.26. The molecule has 0 amide bonds. The van der Waals surface area contributed by atoms with Crippen LogP contribution in [0.1, 0.15) is 5.56 Å². The number of H-pyrrole nitrogens is 1. The van der Waals surface area contributed by atoms with Crippen molar-refractivity contribution in [1.29, 1.82) is 0 Å². The third-order valence-electron chi connectivity index (χ3n) is 4.23. The highest BCUT2D eigenvalue weighted by Crippen LogP contribution is 2.24. The maximum atomic E-state index is 13.3. The molecule has 0 aliphatic carbocycles. The molecule has 3 heterocycles. The molecule has 8 heteroatoms. The first-order valence-electron chi connectivity index (χ1n) is 8.27. The summed E-state index contributed by atoms with van der Waals surface area (Å²) in [5, 5.41) is 8.69. The third-order valence-corrected chi connectivity index (χ3v) is 5.16. The van der Waals surface area contributed by atoms with Crippen molar-refractivity contribution in [3.05, 3.63) is 72.6 Å². The van der Waals surface area contributed by atoms with E-state index in [0.29, 0.717) is 10.9 Å². The SMILES string of the molecule is Fc1cccc(CSc2ncc3ncn(-c4ccc5cn[nH]c5c4)c3n2)c1. The average molecular weight is 376 g/mol. The maximum Gasteiger partial charge on any atom is 0.189 e. The molecule has 27 heavy (non-hydrogen) atoms. The van der Waals surface area contributed by atoms with Gasteiger partial charge in [0.05, 0.1) is 23.6 Å². The molecule has 5 aromatic rings. The molecule has 132 valence electrons. The minimum absolute atomic E-state index is 0.239. The smallest absolute Gasteiger partial charge is 0.189 e. The van der Waals surface area contributed by atoms with Crippen molar-refractivity contribution in [2.24, 2.45) is 0 Å². The second-order valence-corrected chi connectivity index (χ2v) is 6.98. The lowest BCUT2D eigenvalue weighted by Crippen LogP contribution is -1.96. The fourth-order valence-electron chi connectivity index (χ4n) is 2.90. The second-order valence-electron chi connectivity index (χ2n) is 6.04. The van der Waals surface area contributed by atoms with E-state index in [0.717, 1.165) is 33.3 Å². The number of halogens is 1. The summed E-state index contributed by atoms with van der Waals surface area (Å²) >= 11 is 1.46. The van der Waals surface area contributed by atoms with Gasteiger partial charge < -0.3 is 0 Å². The fraction of sp³-hybridized carbons (Fsp3) is 0.0526. The van der Waals surface area contributed by atoms with Gasteiger partial charge in [0.25, 0.3) is 0 Å². The summed E-state index contributed by atoms with van der Waals surface area (Å²) in [6.45, 7) is 0. The van der Waals surface area contributed by atoms with Crippen LogP contribution < -0.4 is 0 Å². The maximum absolute atomic E-state index is 13.3. The molecule has 0 aliphatic rings. The zero-order valence-corrected chi connectivity index (χ0v) is 14.8. The number of hydrogen-bond acceptors (Lipinski definition) is 5. The van der Waals surface area contributed by atoms with Crippen LogP contribution in [0.3, 0.4) is 0 Å². The van der Waals surface area contributed by atoms with Gasteiger partial charge in [-0.2, -0.15) is 5.10 Å². The molecule has 0 saturated heterocycles. The fourth-order valence-corrected chi connectivity index (χ4v) is 3.66. The summed E-state index contributed by atoms with van der Waals surface area (Å²) in [4.78, 5) is 13.4. The van der Waals surface area contributed by atoms with Crippen LogP contribution in [-0.2, 0) is 5.75 Å². The molecule has 0 atom stereocenters. The van der Waals surface area contributed by atoms with E-state index >= 15 is 0 Å². The highest BCUT2D eigenvalue weighted by molar-refractivity contribution is 7.98. The minimum Gasteiger partial charge on any atom is -0.283 e. The van der Waals surface area contributed by atoms with Gasteiger partial charge in [0.1, 0.15) is 17.7 Å². The van der Waals surface area contributed by atoms with E-state index in [1.807, 2.05) is 28.8 Å². The number of imidazole rings is 1. The summed E-state index contributed by atoms with van der Waals surface area (Å²) in [7, 11) is 0. The lowest BCUT2D eigenvalue weighted by molar-refractivity contribution is 0.626. The van der Waals surface area contributed by atoms with E-state index in [9.17, 15) is 4.39 Å². The van der Waals surface area contributed by atoms with Crippen molar-refractivity contribution in [2.75, 3.05) is 0 Å². The Morgan fingerprint density at radius 3 is 2.96 bits per heavy atom. The minimum atomic E-state index is -0.239. The number of aromatic nitrogens is 6. The van der Waals surface area contributed by atoms with Crippen LogP contribution in [0.2, 0.25) is 0 Å². The monoisotopic (exact) mass is 376 g/mol. The van der Waals surface area contributed by atoms with Crippen molar-refractivity contribution in [3.63, 3.8) is 0 Å². The molecule has 0 saturated carbocycles. The van der Waals surface area contributed by atoms with Gasteiger partial charge in [-0.3, -0.25) is 9.67 Å². The predicted molar refractivity (Wildman–Crippen MR) is 102 cm³/mol. The number of nitrogens with zero attached hydrogens (tertiary/aromatic N) is 5. The highest BCUT2D eigenvalue weighted by atomic mass is 32.2. The van der Waals surface area contributed by atoms with Crippen LogP contribution in [0.15, 0.2) is 66.3 Å². The van der Waals surface area contributed by atoms with E-state index in [1.54, 1.807) is 24.8 Å². The zero-order valence-electron chi connectivity index (χ0n) is 14.0. The van der Waals surface area contributed by atoms with Crippen molar-refractivity contribution in [1.82, 2.24) is 29.7 Å². The third kappa shape index (κ3) is 3.04. The Kier molecular flexibility index (Phi) is 3.83. The van der Waals surface area contributed by atoms with E-state index in [1.165, 1.54) is 23.9 Å². The standard InChI is InChI=1S/C19H13FN6S/c20-14-3-1-2-12(6-14)10-27-19-21-9-17-18(24-19)26(11-22-17)15-5-4-13-8-23-25-16(13)7-15/h1-9,11H,10H2,(H,23,25). The van der Waals surface area contributed by atoms with E-state index in [-0.39, 0.29) is 5.82 Å². The Balaban J connectivity index is 1.48. The molecule has 0 spiro atoms. The number of nitrogens with one attached hydrogen (secondary N) is 1. The van der Waals surface area contributed by atoms with Crippen LogP contribution in [0.25, 0.3) is 27.8 Å². The van der Waals surface area contributed by atoms with Gasteiger partial charge in [-0.1, -0.05) is 23.9 Å². The molecule has 6 nitrogen and oxygen atoms in total. The molecule has 0 fully saturated rings. The topological polar surface area (TPSA) is 72.3 Å². The molecule has 0 bridgehead atoms. The van der Waals surface area contributed by atoms with Crippen LogP contribution in [0.4, 0.5) is 4.39 Å². The lowest BCUT2D eigenvalue weighted by Gasteiger charge is -2.05. The number of thioether (sulfide) groups is 1. The predicted octanol–water partition coefficient (Wildman–Crippen LogP) is 4.12. The van der Waals surface area contributed by atoms with Gasteiger partial charge in [-0.25, -0.2) is 19.3 Å². The summed E-state index contributed by atoms with van der Waals surface area (Å²) < 4.78 is 15.2. The molecule has 2 aromatic carbocycles. The van der Waals surface area contributed by atoms with Crippen LogP contribution in [-0.4, -0.2) is 29.7 Å². The van der Waals surface area contributed by atoms with E-state index in [2.05, 4.69) is 25.1 Å². The van der Waals surface area contributed by atoms with Crippen molar-refractivity contribution in [2.45, 2.75) is 10.9 Å². The Hall–Kier alpha value is -3.26. The molecule has 0 radical (unpaired) electrons. The number of aromatic amines is 1. The van der Waals surface area contributed by atoms with Gasteiger partial charge in [-0.05, 0) is 35.9 Å². The van der Waals surface area contributed by atoms with Gasteiger partial charge >= 0.3 is 0 Å². The first-order chi connectivity index (χ1) is 13.3. The normalized spacial score (nSPS) is 11.4. The van der Waals surface area contributed by atoms with Gasteiger partial charge in [0.2, 0.25) is 0 Å². The Morgan fingerprint density at radius 2 is 2.04 bits per heavy atom. The van der Waals surface area contributed by atoms with Crippen molar-refractivity contribution >= 4 is 33.8 Å². The number of rotatable bonds is 4. The Bertz CT molecular complexity index is 1260. The quantitative estimate of drug-likeness (QED) is 0.377. The molecule has 3 aromatic heterocycles. The van der Waals surface area contributed by atoms with Crippen LogP contribution in [0, 0.1) is 5.82 Å². The molecule has 0 unspecified atom stereocenters. The number of hydrogen-bond donors (Lipinski definition) is 1. The lowest BCUT2D eigenvalue weighted by atomic mass is 10.2. The first kappa shape index (κ1) is 16.0. The largest absolute Gasteiger partial charge is 0.283 e. The molecular weight excluding hydrogens is 363 g/mol.